The summed E-state index contributed by atoms with van der Waals surface area (Å²) in [6, 6.07) is 0. The molecule has 13 heavy (non-hydrogen) atoms. The summed E-state index contributed by atoms with van der Waals surface area (Å²) in [4.78, 5) is 10.7. The van der Waals surface area contributed by atoms with Gasteiger partial charge in [-0.2, -0.15) is 0 Å². The molecule has 0 atom stereocenters. The molecule has 4 heteroatoms. The number of methoxy groups -OCH3 is 1. The SMILES string of the molecule is C#CCSCCNCCC(=O)OC. The number of rotatable bonds is 7. The standard InChI is InChI=1S/C9H15NO2S/c1-3-7-13-8-6-10-5-4-9(11)12-2/h1,10H,4-8H2,2H3. The third-order valence-corrected chi connectivity index (χ3v) is 2.21. The summed E-state index contributed by atoms with van der Waals surface area (Å²) in [5, 5.41) is 3.12. The van der Waals surface area contributed by atoms with E-state index in [1.54, 1.807) is 11.8 Å². The Labute approximate surface area is 83.6 Å². The molecule has 0 radical (unpaired) electrons. The average Bonchev–Trinajstić information content (AvgIpc) is 2.16. The van der Waals surface area contributed by atoms with Crippen molar-refractivity contribution in [3.8, 4) is 12.3 Å². The molecule has 0 rings (SSSR count). The quantitative estimate of drug-likeness (QED) is 0.370. The molecule has 0 aromatic heterocycles. The lowest BCUT2D eigenvalue weighted by atomic mass is 10.4. The largest absolute Gasteiger partial charge is 0.469 e. The van der Waals surface area contributed by atoms with Gasteiger partial charge in [-0.3, -0.25) is 4.79 Å². The van der Waals surface area contributed by atoms with Crippen LogP contribution >= 0.6 is 11.8 Å². The van der Waals surface area contributed by atoms with Crippen molar-refractivity contribution in [3.05, 3.63) is 0 Å². The first kappa shape index (κ1) is 12.3. The van der Waals surface area contributed by atoms with E-state index in [4.69, 9.17) is 6.42 Å². The maximum Gasteiger partial charge on any atom is 0.306 e. The van der Waals surface area contributed by atoms with Crippen LogP contribution in [0.1, 0.15) is 6.42 Å². The Kier molecular flexibility index (Phi) is 8.95. The molecule has 0 aliphatic heterocycles. The van der Waals surface area contributed by atoms with E-state index in [0.29, 0.717) is 13.0 Å². The molecular weight excluding hydrogens is 186 g/mol. The van der Waals surface area contributed by atoms with Gasteiger partial charge in [0.2, 0.25) is 0 Å². The highest BCUT2D eigenvalue weighted by Gasteiger charge is 1.97. The van der Waals surface area contributed by atoms with E-state index in [-0.39, 0.29) is 5.97 Å². The molecule has 0 fully saturated rings. The summed E-state index contributed by atoms with van der Waals surface area (Å²) in [5.74, 6) is 4.10. The summed E-state index contributed by atoms with van der Waals surface area (Å²) in [7, 11) is 1.39. The second-order valence-corrected chi connectivity index (χ2v) is 3.44. The van der Waals surface area contributed by atoms with Crippen LogP contribution in [-0.2, 0) is 9.53 Å². The number of terminal acetylenes is 1. The fourth-order valence-corrected chi connectivity index (χ4v) is 1.24. The lowest BCUT2D eigenvalue weighted by molar-refractivity contribution is -0.140. The third kappa shape index (κ3) is 9.25. The fraction of sp³-hybridized carbons (Fsp3) is 0.667. The topological polar surface area (TPSA) is 38.3 Å². The normalized spacial score (nSPS) is 9.23. The molecule has 0 heterocycles. The highest BCUT2D eigenvalue weighted by molar-refractivity contribution is 7.99. The fourth-order valence-electron chi connectivity index (χ4n) is 0.693. The predicted molar refractivity (Wildman–Crippen MR) is 55.7 cm³/mol. The molecular formula is C9H15NO2S. The van der Waals surface area contributed by atoms with Gasteiger partial charge in [0.05, 0.1) is 19.3 Å². The van der Waals surface area contributed by atoms with E-state index in [2.05, 4.69) is 16.0 Å². The van der Waals surface area contributed by atoms with Crippen LogP contribution in [0.3, 0.4) is 0 Å². The minimum Gasteiger partial charge on any atom is -0.469 e. The number of thioether (sulfide) groups is 1. The van der Waals surface area contributed by atoms with Crippen LogP contribution in [0.25, 0.3) is 0 Å². The first-order valence-corrected chi connectivity index (χ1v) is 5.25. The highest BCUT2D eigenvalue weighted by atomic mass is 32.2. The molecule has 0 saturated heterocycles. The highest BCUT2D eigenvalue weighted by Crippen LogP contribution is 1.95. The van der Waals surface area contributed by atoms with Crippen molar-refractivity contribution in [2.24, 2.45) is 0 Å². The molecule has 3 nitrogen and oxygen atoms in total. The molecule has 0 saturated carbocycles. The van der Waals surface area contributed by atoms with Gasteiger partial charge in [-0.1, -0.05) is 5.92 Å². The third-order valence-electron chi connectivity index (χ3n) is 1.34. The van der Waals surface area contributed by atoms with Gasteiger partial charge in [-0.05, 0) is 0 Å². The Morgan fingerprint density at radius 1 is 1.62 bits per heavy atom. The summed E-state index contributed by atoms with van der Waals surface area (Å²) in [6.07, 6.45) is 5.50. The van der Waals surface area contributed by atoms with Crippen molar-refractivity contribution < 1.29 is 9.53 Å². The number of esters is 1. The summed E-state index contributed by atoms with van der Waals surface area (Å²) < 4.78 is 4.48. The Balaban J connectivity index is 3.00. The molecule has 0 aliphatic carbocycles. The van der Waals surface area contributed by atoms with Crippen LogP contribution in [0.2, 0.25) is 0 Å². The Morgan fingerprint density at radius 3 is 3.00 bits per heavy atom. The van der Waals surface area contributed by atoms with Gasteiger partial charge in [-0.15, -0.1) is 18.2 Å². The lowest BCUT2D eigenvalue weighted by Crippen LogP contribution is -2.21. The van der Waals surface area contributed by atoms with Crippen molar-refractivity contribution in [1.82, 2.24) is 5.32 Å². The van der Waals surface area contributed by atoms with Crippen LogP contribution in [-0.4, -0.2) is 37.7 Å². The number of hydrogen-bond acceptors (Lipinski definition) is 4. The molecule has 74 valence electrons. The molecule has 0 spiro atoms. The number of carbonyl (C=O) groups is 1. The molecule has 0 bridgehead atoms. The van der Waals surface area contributed by atoms with Gasteiger partial charge in [-0.25, -0.2) is 0 Å². The molecule has 0 aromatic carbocycles. The molecule has 0 amide bonds. The van der Waals surface area contributed by atoms with E-state index in [1.165, 1.54) is 7.11 Å². The van der Waals surface area contributed by atoms with Crippen LogP contribution in [0.5, 0.6) is 0 Å². The smallest absolute Gasteiger partial charge is 0.306 e. The number of ether oxygens (including phenoxy) is 1. The van der Waals surface area contributed by atoms with E-state index < -0.39 is 0 Å². The van der Waals surface area contributed by atoms with E-state index in [9.17, 15) is 4.79 Å². The number of hydrogen-bond donors (Lipinski definition) is 1. The summed E-state index contributed by atoms with van der Waals surface area (Å²) >= 11 is 1.70. The predicted octanol–water partition coefficient (Wildman–Crippen LogP) is 0.505. The van der Waals surface area contributed by atoms with Crippen molar-refractivity contribution >= 4 is 17.7 Å². The van der Waals surface area contributed by atoms with Crippen molar-refractivity contribution in [3.63, 3.8) is 0 Å². The summed E-state index contributed by atoms with van der Waals surface area (Å²) in [6.45, 7) is 1.55. The van der Waals surface area contributed by atoms with Crippen molar-refractivity contribution in [2.75, 3.05) is 31.7 Å². The zero-order valence-electron chi connectivity index (χ0n) is 7.84. The Morgan fingerprint density at radius 2 is 2.38 bits per heavy atom. The van der Waals surface area contributed by atoms with Crippen LogP contribution < -0.4 is 5.32 Å². The zero-order valence-corrected chi connectivity index (χ0v) is 8.65. The van der Waals surface area contributed by atoms with E-state index >= 15 is 0 Å². The van der Waals surface area contributed by atoms with Gasteiger partial charge in [0, 0.05) is 18.8 Å². The van der Waals surface area contributed by atoms with Crippen LogP contribution in [0.15, 0.2) is 0 Å². The molecule has 0 aliphatic rings. The lowest BCUT2D eigenvalue weighted by Gasteiger charge is -2.02. The van der Waals surface area contributed by atoms with Gasteiger partial charge in [0.25, 0.3) is 0 Å². The van der Waals surface area contributed by atoms with Gasteiger partial charge >= 0.3 is 5.97 Å². The Hall–Kier alpha value is -0.660. The first-order chi connectivity index (χ1) is 6.31. The van der Waals surface area contributed by atoms with Gasteiger partial charge < -0.3 is 10.1 Å². The molecule has 1 N–H and O–H groups in total. The average molecular weight is 201 g/mol. The first-order valence-electron chi connectivity index (χ1n) is 4.10. The second-order valence-electron chi connectivity index (χ2n) is 2.33. The van der Waals surface area contributed by atoms with E-state index in [1.807, 2.05) is 0 Å². The van der Waals surface area contributed by atoms with Crippen molar-refractivity contribution in [1.29, 1.82) is 0 Å². The second kappa shape index (κ2) is 9.43. The van der Waals surface area contributed by atoms with Crippen molar-refractivity contribution in [2.45, 2.75) is 6.42 Å². The maximum absolute atomic E-state index is 10.7. The monoisotopic (exact) mass is 201 g/mol. The molecule has 0 aromatic rings. The van der Waals surface area contributed by atoms with Gasteiger partial charge in [0.1, 0.15) is 0 Å². The van der Waals surface area contributed by atoms with Gasteiger partial charge in [0.15, 0.2) is 0 Å². The zero-order chi connectivity index (χ0) is 9.94. The minimum absolute atomic E-state index is 0.177. The van der Waals surface area contributed by atoms with Crippen LogP contribution in [0, 0.1) is 12.3 Å². The minimum atomic E-state index is -0.177. The number of nitrogens with one attached hydrogen (secondary N) is 1. The maximum atomic E-state index is 10.7. The summed E-state index contributed by atoms with van der Waals surface area (Å²) in [5.41, 5.74) is 0. The van der Waals surface area contributed by atoms with Crippen LogP contribution in [0.4, 0.5) is 0 Å². The van der Waals surface area contributed by atoms with E-state index in [0.717, 1.165) is 18.1 Å². The number of carbonyl (C=O) groups excluding carboxylic acids is 1. The molecule has 0 unspecified atom stereocenters. The Bertz CT molecular complexity index is 177.